The first-order valence-electron chi connectivity index (χ1n) is 5.53. The summed E-state index contributed by atoms with van der Waals surface area (Å²) in [5.41, 5.74) is 6.71. The van der Waals surface area contributed by atoms with Gasteiger partial charge in [0.2, 0.25) is 11.7 Å². The summed E-state index contributed by atoms with van der Waals surface area (Å²) in [6.07, 6.45) is -0.798. The van der Waals surface area contributed by atoms with Crippen LogP contribution in [0.4, 0.5) is 4.39 Å². The van der Waals surface area contributed by atoms with Gasteiger partial charge in [0, 0.05) is 5.56 Å². The molecule has 0 saturated carbocycles. The molecule has 5 nitrogen and oxygen atoms in total. The van der Waals surface area contributed by atoms with Crippen LogP contribution in [0.2, 0.25) is 0 Å². The number of aromatic nitrogens is 2. The number of aliphatic hydroxyl groups excluding tert-OH is 1. The molecule has 0 saturated heterocycles. The quantitative estimate of drug-likeness (QED) is 0.864. The topological polar surface area (TPSA) is 85.2 Å². The minimum Gasteiger partial charge on any atom is -0.391 e. The van der Waals surface area contributed by atoms with Crippen LogP contribution >= 0.6 is 0 Å². The summed E-state index contributed by atoms with van der Waals surface area (Å²) in [7, 11) is 0. The number of benzene rings is 1. The lowest BCUT2D eigenvalue weighted by Gasteiger charge is -2.08. The fourth-order valence-corrected chi connectivity index (χ4v) is 1.43. The molecule has 2 rings (SSSR count). The Balaban J connectivity index is 2.32. The Morgan fingerprint density at radius 2 is 2.17 bits per heavy atom. The van der Waals surface area contributed by atoms with Crippen LogP contribution in [0.15, 0.2) is 22.7 Å². The molecule has 1 aromatic heterocycles. The van der Waals surface area contributed by atoms with Gasteiger partial charge >= 0.3 is 0 Å². The second-order valence-corrected chi connectivity index (χ2v) is 4.19. The van der Waals surface area contributed by atoms with Crippen LogP contribution in [0.1, 0.15) is 24.4 Å². The van der Waals surface area contributed by atoms with Gasteiger partial charge in [-0.25, -0.2) is 4.39 Å². The van der Waals surface area contributed by atoms with Crippen molar-refractivity contribution in [3.05, 3.63) is 35.5 Å². The summed E-state index contributed by atoms with van der Waals surface area (Å²) in [5, 5.41) is 13.0. The molecule has 0 aliphatic carbocycles. The minimum absolute atomic E-state index is 0.126. The van der Waals surface area contributed by atoms with Crippen molar-refractivity contribution < 1.29 is 14.0 Å². The molecule has 1 aromatic carbocycles. The lowest BCUT2D eigenvalue weighted by atomic mass is 10.1. The molecule has 0 bridgehead atoms. The number of nitrogens with zero attached hydrogens (tertiary/aromatic N) is 2. The predicted octanol–water partition coefficient (Wildman–Crippen LogP) is 1.56. The zero-order valence-electron chi connectivity index (χ0n) is 10.1. The first kappa shape index (κ1) is 12.7. The van der Waals surface area contributed by atoms with Crippen molar-refractivity contribution >= 4 is 0 Å². The summed E-state index contributed by atoms with van der Waals surface area (Å²) in [4.78, 5) is 4.04. The SMILES string of the molecule is Cc1ccc(-c2noc(C(N)C(C)O)n2)cc1F. The number of aliphatic hydroxyl groups is 1. The van der Waals surface area contributed by atoms with Crippen molar-refractivity contribution in [2.75, 3.05) is 0 Å². The van der Waals surface area contributed by atoms with E-state index < -0.39 is 12.1 Å². The smallest absolute Gasteiger partial charge is 0.246 e. The van der Waals surface area contributed by atoms with E-state index in [2.05, 4.69) is 10.1 Å². The molecule has 0 amide bonds. The van der Waals surface area contributed by atoms with Crippen molar-refractivity contribution in [3.8, 4) is 11.4 Å². The Morgan fingerprint density at radius 1 is 1.44 bits per heavy atom. The maximum atomic E-state index is 13.4. The van der Waals surface area contributed by atoms with Crippen LogP contribution in [0, 0.1) is 12.7 Å². The maximum Gasteiger partial charge on any atom is 0.246 e. The van der Waals surface area contributed by atoms with Gasteiger partial charge in [0.05, 0.1) is 6.10 Å². The molecule has 0 spiro atoms. The molecule has 3 N–H and O–H groups in total. The highest BCUT2D eigenvalue weighted by molar-refractivity contribution is 5.54. The summed E-state index contributed by atoms with van der Waals surface area (Å²) < 4.78 is 18.4. The predicted molar refractivity (Wildman–Crippen MR) is 63.0 cm³/mol. The average Bonchev–Trinajstić information content (AvgIpc) is 2.81. The van der Waals surface area contributed by atoms with Crippen LogP contribution in [0.25, 0.3) is 11.4 Å². The summed E-state index contributed by atoms with van der Waals surface area (Å²) >= 11 is 0. The number of halogens is 1. The second kappa shape index (κ2) is 4.83. The average molecular weight is 251 g/mol. The van der Waals surface area contributed by atoms with E-state index in [0.29, 0.717) is 11.1 Å². The van der Waals surface area contributed by atoms with E-state index in [1.54, 1.807) is 19.1 Å². The molecule has 18 heavy (non-hydrogen) atoms. The highest BCUT2D eigenvalue weighted by atomic mass is 19.1. The van der Waals surface area contributed by atoms with Crippen molar-refractivity contribution in [2.24, 2.45) is 5.73 Å². The highest BCUT2D eigenvalue weighted by Crippen LogP contribution is 2.21. The fourth-order valence-electron chi connectivity index (χ4n) is 1.43. The van der Waals surface area contributed by atoms with Crippen LogP contribution in [-0.4, -0.2) is 21.4 Å². The molecule has 2 atom stereocenters. The number of hydrogen-bond donors (Lipinski definition) is 2. The minimum atomic E-state index is -0.798. The molecule has 96 valence electrons. The molecule has 2 unspecified atom stereocenters. The largest absolute Gasteiger partial charge is 0.391 e. The first-order valence-corrected chi connectivity index (χ1v) is 5.53. The van der Waals surface area contributed by atoms with Gasteiger partial charge in [-0.2, -0.15) is 4.98 Å². The summed E-state index contributed by atoms with van der Waals surface area (Å²) in [6, 6.07) is 3.91. The van der Waals surface area contributed by atoms with Crippen LogP contribution in [-0.2, 0) is 0 Å². The Morgan fingerprint density at radius 3 is 2.78 bits per heavy atom. The third kappa shape index (κ3) is 2.39. The van der Waals surface area contributed by atoms with Gasteiger partial charge in [-0.3, -0.25) is 0 Å². The Bertz CT molecular complexity index is 554. The van der Waals surface area contributed by atoms with Crippen molar-refractivity contribution in [3.63, 3.8) is 0 Å². The van der Waals surface area contributed by atoms with E-state index in [0.717, 1.165) is 0 Å². The number of nitrogens with two attached hydrogens (primary N) is 1. The van der Waals surface area contributed by atoms with Crippen molar-refractivity contribution in [1.82, 2.24) is 10.1 Å². The van der Waals surface area contributed by atoms with Gasteiger partial charge in [-0.15, -0.1) is 0 Å². The van der Waals surface area contributed by atoms with Crippen molar-refractivity contribution in [1.29, 1.82) is 0 Å². The van der Waals surface area contributed by atoms with E-state index in [-0.39, 0.29) is 17.5 Å². The van der Waals surface area contributed by atoms with Gasteiger partial charge in [0.15, 0.2) is 0 Å². The standard InChI is InChI=1S/C12H14FN3O2/c1-6-3-4-8(5-9(6)13)11-15-12(18-16-11)10(14)7(2)17/h3-5,7,10,17H,14H2,1-2H3. The van der Waals surface area contributed by atoms with Gasteiger partial charge in [-0.05, 0) is 25.5 Å². The van der Waals surface area contributed by atoms with E-state index in [9.17, 15) is 9.50 Å². The number of hydrogen-bond acceptors (Lipinski definition) is 5. The first-order chi connectivity index (χ1) is 8.49. The van der Waals surface area contributed by atoms with E-state index in [1.165, 1.54) is 13.0 Å². The third-order valence-corrected chi connectivity index (χ3v) is 2.68. The van der Waals surface area contributed by atoms with Crippen LogP contribution in [0.5, 0.6) is 0 Å². The van der Waals surface area contributed by atoms with Gasteiger partial charge in [0.1, 0.15) is 11.9 Å². The molecule has 0 fully saturated rings. The Kier molecular flexibility index (Phi) is 3.40. The van der Waals surface area contributed by atoms with Crippen LogP contribution < -0.4 is 5.73 Å². The monoisotopic (exact) mass is 251 g/mol. The zero-order valence-corrected chi connectivity index (χ0v) is 10.1. The second-order valence-electron chi connectivity index (χ2n) is 4.19. The van der Waals surface area contributed by atoms with Gasteiger partial charge in [0.25, 0.3) is 0 Å². The normalized spacial score (nSPS) is 14.5. The molecule has 0 aliphatic rings. The number of aryl methyl sites for hydroxylation is 1. The zero-order chi connectivity index (χ0) is 13.3. The lowest BCUT2D eigenvalue weighted by molar-refractivity contribution is 0.146. The summed E-state index contributed by atoms with van der Waals surface area (Å²) in [5.74, 6) is 0.0413. The van der Waals surface area contributed by atoms with E-state index in [1.807, 2.05) is 0 Å². The summed E-state index contributed by atoms with van der Waals surface area (Å²) in [6.45, 7) is 3.20. The van der Waals surface area contributed by atoms with E-state index >= 15 is 0 Å². The van der Waals surface area contributed by atoms with Crippen LogP contribution in [0.3, 0.4) is 0 Å². The maximum absolute atomic E-state index is 13.4. The number of rotatable bonds is 3. The molecule has 0 aliphatic heterocycles. The Hall–Kier alpha value is -1.79. The van der Waals surface area contributed by atoms with Gasteiger partial charge in [-0.1, -0.05) is 17.3 Å². The Labute approximate surface area is 103 Å². The fraction of sp³-hybridized carbons (Fsp3) is 0.333. The molecule has 2 aromatic rings. The molecular formula is C12H14FN3O2. The van der Waals surface area contributed by atoms with E-state index in [4.69, 9.17) is 10.3 Å². The molecule has 0 radical (unpaired) electrons. The molecular weight excluding hydrogens is 237 g/mol. The lowest BCUT2D eigenvalue weighted by Crippen LogP contribution is -2.23. The highest BCUT2D eigenvalue weighted by Gasteiger charge is 2.20. The molecule has 1 heterocycles. The molecule has 6 heteroatoms. The third-order valence-electron chi connectivity index (χ3n) is 2.68. The van der Waals surface area contributed by atoms with Gasteiger partial charge < -0.3 is 15.4 Å². The van der Waals surface area contributed by atoms with Crippen molar-refractivity contribution in [2.45, 2.75) is 26.0 Å².